The molecule has 3 aromatic rings. The van der Waals surface area contributed by atoms with Gasteiger partial charge in [0.15, 0.2) is 11.9 Å². The third kappa shape index (κ3) is 5.62. The maximum Gasteiger partial charge on any atom is 0.335 e. The molecule has 2 N–H and O–H groups in total. The van der Waals surface area contributed by atoms with Crippen LogP contribution in [0.15, 0.2) is 41.3 Å². The van der Waals surface area contributed by atoms with Crippen molar-refractivity contribution in [3.05, 3.63) is 52.4 Å². The van der Waals surface area contributed by atoms with Crippen LogP contribution in [0.25, 0.3) is 10.9 Å². The van der Waals surface area contributed by atoms with Gasteiger partial charge in [-0.05, 0) is 90.2 Å². The summed E-state index contributed by atoms with van der Waals surface area (Å²) in [5.74, 6) is -0.00607. The third-order valence-electron chi connectivity index (χ3n) is 7.90. The zero-order valence-electron chi connectivity index (χ0n) is 23.7. The van der Waals surface area contributed by atoms with E-state index < -0.39 is 23.2 Å². The summed E-state index contributed by atoms with van der Waals surface area (Å²) in [5, 5.41) is 18.3. The van der Waals surface area contributed by atoms with Crippen LogP contribution in [0.2, 0.25) is 0 Å². The molecular weight excluding hydrogens is 508 g/mol. The Hall–Kier alpha value is -3.68. The number of carbonyl (C=O) groups excluding carboxylic acids is 1. The van der Waals surface area contributed by atoms with Crippen molar-refractivity contribution in [1.29, 1.82) is 5.26 Å². The zero-order valence-corrected chi connectivity index (χ0v) is 23.7. The van der Waals surface area contributed by atoms with E-state index in [2.05, 4.69) is 40.3 Å². The van der Waals surface area contributed by atoms with Gasteiger partial charge in [0, 0.05) is 17.9 Å². The van der Waals surface area contributed by atoms with Crippen molar-refractivity contribution in [3.63, 3.8) is 0 Å². The number of benzene rings is 1. The number of nitrogens with one attached hydrogen (secondary N) is 2. The SMILES string of the molecule is CC(c1ccc(Nc2nn([C@]3(CC#N)CC[C@@H](C(=O)OC(C)(C)C)OC3)c3cc[nH]c(=O)c23)cc1)N1CCCC1. The molecule has 0 bridgehead atoms. The lowest BCUT2D eigenvalue weighted by Crippen LogP contribution is -2.47. The van der Waals surface area contributed by atoms with Gasteiger partial charge in [-0.3, -0.25) is 14.4 Å². The van der Waals surface area contributed by atoms with Crippen LogP contribution in [-0.4, -0.2) is 57.0 Å². The molecule has 5 rings (SSSR count). The zero-order chi connectivity index (χ0) is 28.5. The fraction of sp³-hybridized carbons (Fsp3) is 0.533. The van der Waals surface area contributed by atoms with Gasteiger partial charge in [-0.15, -0.1) is 0 Å². The van der Waals surface area contributed by atoms with E-state index in [-0.39, 0.29) is 18.6 Å². The van der Waals surface area contributed by atoms with E-state index in [1.807, 2.05) is 32.9 Å². The highest BCUT2D eigenvalue weighted by Crippen LogP contribution is 2.37. The summed E-state index contributed by atoms with van der Waals surface area (Å²) in [7, 11) is 0. The van der Waals surface area contributed by atoms with Crippen LogP contribution in [0.3, 0.4) is 0 Å². The van der Waals surface area contributed by atoms with Crippen molar-refractivity contribution >= 4 is 28.4 Å². The van der Waals surface area contributed by atoms with Gasteiger partial charge in [0.1, 0.15) is 11.0 Å². The molecule has 2 aliphatic rings. The second kappa shape index (κ2) is 11.1. The number of anilines is 2. The average molecular weight is 547 g/mol. The van der Waals surface area contributed by atoms with E-state index in [1.54, 1.807) is 16.9 Å². The van der Waals surface area contributed by atoms with E-state index in [0.29, 0.717) is 35.6 Å². The Morgan fingerprint density at radius 1 is 1.27 bits per heavy atom. The van der Waals surface area contributed by atoms with Crippen molar-refractivity contribution in [2.75, 3.05) is 25.0 Å². The summed E-state index contributed by atoms with van der Waals surface area (Å²) < 4.78 is 13.2. The summed E-state index contributed by atoms with van der Waals surface area (Å²) in [4.78, 5) is 30.9. The lowest BCUT2D eigenvalue weighted by Gasteiger charge is -2.39. The van der Waals surface area contributed by atoms with Gasteiger partial charge in [-0.25, -0.2) is 4.79 Å². The maximum atomic E-state index is 13.0. The molecule has 0 radical (unpaired) electrons. The van der Waals surface area contributed by atoms with Crippen LogP contribution in [0.1, 0.15) is 71.4 Å². The predicted molar refractivity (Wildman–Crippen MR) is 152 cm³/mol. The first kappa shape index (κ1) is 27.9. The Morgan fingerprint density at radius 3 is 2.62 bits per heavy atom. The Kier molecular flexibility index (Phi) is 7.71. The smallest absolute Gasteiger partial charge is 0.335 e. The fourth-order valence-corrected chi connectivity index (χ4v) is 5.74. The van der Waals surface area contributed by atoms with E-state index in [0.717, 1.165) is 18.8 Å². The molecule has 0 spiro atoms. The third-order valence-corrected chi connectivity index (χ3v) is 7.90. The van der Waals surface area contributed by atoms with Crippen LogP contribution in [0.5, 0.6) is 0 Å². The number of aromatic nitrogens is 3. The van der Waals surface area contributed by atoms with Gasteiger partial charge in [0.05, 0.1) is 30.2 Å². The number of hydrogen-bond acceptors (Lipinski definition) is 8. The highest BCUT2D eigenvalue weighted by molar-refractivity contribution is 5.91. The van der Waals surface area contributed by atoms with Gasteiger partial charge >= 0.3 is 5.97 Å². The van der Waals surface area contributed by atoms with Crippen LogP contribution in [0.4, 0.5) is 11.5 Å². The standard InChI is InChI=1S/C30H38N6O4/c1-20(35-17-5-6-18-35)21-7-9-22(10-8-21)33-26-25-23(12-16-32-27(25)37)36(34-26)30(14-15-31)13-11-24(39-19-30)28(38)40-29(2,3)4/h7-10,12,16,20,24H,5-6,11,13-14,17-19H2,1-4H3,(H,32,37)(H,33,34)/t20?,24-,30-/m0/s1. The van der Waals surface area contributed by atoms with Crippen LogP contribution < -0.4 is 10.9 Å². The molecule has 2 aliphatic heterocycles. The number of carbonyl (C=O) groups is 1. The number of hydrogen-bond donors (Lipinski definition) is 2. The van der Waals surface area contributed by atoms with Crippen molar-refractivity contribution in [3.8, 4) is 6.07 Å². The van der Waals surface area contributed by atoms with Crippen molar-refractivity contribution in [2.24, 2.45) is 0 Å². The molecule has 1 unspecified atom stereocenters. The van der Waals surface area contributed by atoms with E-state index >= 15 is 0 Å². The summed E-state index contributed by atoms with van der Waals surface area (Å²) in [6.45, 7) is 10.0. The minimum absolute atomic E-state index is 0.0938. The summed E-state index contributed by atoms with van der Waals surface area (Å²) in [6, 6.07) is 12.6. The Morgan fingerprint density at radius 2 is 2.00 bits per heavy atom. The number of aromatic amines is 1. The number of nitriles is 1. The number of H-pyrrole nitrogens is 1. The first-order valence-corrected chi connectivity index (χ1v) is 14.0. The van der Waals surface area contributed by atoms with Crippen LogP contribution in [-0.2, 0) is 19.8 Å². The topological polar surface area (TPSA) is 125 Å². The van der Waals surface area contributed by atoms with E-state index in [1.165, 1.54) is 18.4 Å². The molecule has 3 atom stereocenters. The second-order valence-corrected chi connectivity index (χ2v) is 11.9. The Bertz CT molecular complexity index is 1450. The van der Waals surface area contributed by atoms with Crippen molar-refractivity contribution in [1.82, 2.24) is 19.7 Å². The van der Waals surface area contributed by atoms with Gasteiger partial charge in [0.25, 0.3) is 5.56 Å². The molecule has 1 aromatic carbocycles. The molecule has 40 heavy (non-hydrogen) atoms. The summed E-state index contributed by atoms with van der Waals surface area (Å²) >= 11 is 0. The summed E-state index contributed by atoms with van der Waals surface area (Å²) in [6.07, 6.45) is 4.31. The molecule has 10 heteroatoms. The fourth-order valence-electron chi connectivity index (χ4n) is 5.74. The van der Waals surface area contributed by atoms with Crippen LogP contribution in [0, 0.1) is 11.3 Å². The number of pyridine rings is 1. The van der Waals surface area contributed by atoms with Gasteiger partial charge in [-0.2, -0.15) is 10.4 Å². The van der Waals surface area contributed by atoms with Gasteiger partial charge in [-0.1, -0.05) is 12.1 Å². The number of esters is 1. The Balaban J connectivity index is 1.42. The number of nitrogens with zero attached hydrogens (tertiary/aromatic N) is 4. The monoisotopic (exact) mass is 546 g/mol. The average Bonchev–Trinajstić information content (AvgIpc) is 3.58. The largest absolute Gasteiger partial charge is 0.458 e. The summed E-state index contributed by atoms with van der Waals surface area (Å²) in [5.41, 5.74) is 0.917. The quantitative estimate of drug-likeness (QED) is 0.407. The molecule has 212 valence electrons. The maximum absolute atomic E-state index is 13.0. The number of rotatable bonds is 7. The second-order valence-electron chi connectivity index (χ2n) is 11.9. The first-order chi connectivity index (χ1) is 19.1. The van der Waals surface area contributed by atoms with Crippen molar-refractivity contribution in [2.45, 2.75) is 83.1 Å². The number of ether oxygens (including phenoxy) is 2. The highest BCUT2D eigenvalue weighted by Gasteiger charge is 2.43. The molecule has 2 aromatic heterocycles. The lowest BCUT2D eigenvalue weighted by atomic mass is 9.87. The minimum atomic E-state index is -0.839. The molecule has 10 nitrogen and oxygen atoms in total. The minimum Gasteiger partial charge on any atom is -0.458 e. The van der Waals surface area contributed by atoms with E-state index in [9.17, 15) is 14.9 Å². The van der Waals surface area contributed by atoms with Gasteiger partial charge < -0.3 is 19.8 Å². The molecule has 2 fully saturated rings. The molecule has 2 saturated heterocycles. The van der Waals surface area contributed by atoms with E-state index in [4.69, 9.17) is 14.6 Å². The molecule has 0 saturated carbocycles. The normalized spacial score (nSPS) is 22.6. The van der Waals surface area contributed by atoms with Crippen molar-refractivity contribution < 1.29 is 14.3 Å². The molecular formula is C30H38N6O4. The highest BCUT2D eigenvalue weighted by atomic mass is 16.6. The molecule has 0 amide bonds. The van der Waals surface area contributed by atoms with Crippen LogP contribution >= 0.6 is 0 Å². The number of likely N-dealkylation sites (tertiary alicyclic amines) is 1. The Labute approximate surface area is 234 Å². The molecule has 4 heterocycles. The van der Waals surface area contributed by atoms with Gasteiger partial charge in [0.2, 0.25) is 0 Å². The lowest BCUT2D eigenvalue weighted by molar-refractivity contribution is -0.176. The molecule has 0 aliphatic carbocycles. The predicted octanol–water partition coefficient (Wildman–Crippen LogP) is 4.75. The number of fused-ring (bicyclic) bond motifs is 1. The first-order valence-electron chi connectivity index (χ1n) is 14.0.